The van der Waals surface area contributed by atoms with E-state index < -0.39 is 0 Å². The Morgan fingerprint density at radius 3 is 2.72 bits per heavy atom. The van der Waals surface area contributed by atoms with Gasteiger partial charge in [-0.1, -0.05) is 12.1 Å². The third kappa shape index (κ3) is 3.23. The third-order valence-corrected chi connectivity index (χ3v) is 6.18. The first-order valence-electron chi connectivity index (χ1n) is 9.52. The van der Waals surface area contributed by atoms with Crippen LogP contribution in [0.1, 0.15) is 46.8 Å². The summed E-state index contributed by atoms with van der Waals surface area (Å²) < 4.78 is 7.13. The number of imidazole rings is 1. The van der Waals surface area contributed by atoms with Gasteiger partial charge in [0.15, 0.2) is 0 Å². The number of nitrogens with zero attached hydrogens (tertiary/aromatic N) is 4. The SMILES string of the molecule is CCn1c(C(C)Nc2nc(C)nc3sc(C(=O)OC)c(C)c23)nc2ccccc21. The normalized spacial score (nSPS) is 12.4. The van der Waals surface area contributed by atoms with Gasteiger partial charge in [-0.25, -0.2) is 19.7 Å². The smallest absolute Gasteiger partial charge is 0.348 e. The van der Waals surface area contributed by atoms with Crippen LogP contribution in [-0.2, 0) is 11.3 Å². The number of hydrogen-bond donors (Lipinski definition) is 1. The molecule has 4 aromatic rings. The minimum Gasteiger partial charge on any atom is -0.465 e. The molecule has 7 nitrogen and oxygen atoms in total. The number of benzene rings is 1. The van der Waals surface area contributed by atoms with Gasteiger partial charge in [-0.15, -0.1) is 11.3 Å². The molecule has 0 radical (unpaired) electrons. The summed E-state index contributed by atoms with van der Waals surface area (Å²) in [5, 5.41) is 4.36. The Morgan fingerprint density at radius 1 is 1.24 bits per heavy atom. The number of carbonyl (C=O) groups excluding carboxylic acids is 1. The molecule has 0 saturated heterocycles. The number of anilines is 1. The summed E-state index contributed by atoms with van der Waals surface area (Å²) >= 11 is 1.33. The molecule has 3 aromatic heterocycles. The quantitative estimate of drug-likeness (QED) is 0.484. The number of fused-ring (bicyclic) bond motifs is 2. The summed E-state index contributed by atoms with van der Waals surface area (Å²) in [5.41, 5.74) is 2.92. The second-order valence-corrected chi connectivity index (χ2v) is 7.92. The van der Waals surface area contributed by atoms with Gasteiger partial charge in [0.2, 0.25) is 0 Å². The molecule has 0 aliphatic heterocycles. The van der Waals surface area contributed by atoms with Crippen LogP contribution in [0.4, 0.5) is 5.82 Å². The van der Waals surface area contributed by atoms with Crippen LogP contribution >= 0.6 is 11.3 Å². The van der Waals surface area contributed by atoms with Gasteiger partial charge in [0.25, 0.3) is 0 Å². The monoisotopic (exact) mass is 409 g/mol. The van der Waals surface area contributed by atoms with Crippen LogP contribution in [-0.4, -0.2) is 32.6 Å². The van der Waals surface area contributed by atoms with Crippen molar-refractivity contribution in [3.8, 4) is 0 Å². The second kappa shape index (κ2) is 7.44. The lowest BCUT2D eigenvalue weighted by molar-refractivity contribution is 0.0605. The predicted octanol–water partition coefficient (Wildman–Crippen LogP) is 4.64. The van der Waals surface area contributed by atoms with Crippen molar-refractivity contribution in [3.05, 3.63) is 46.4 Å². The molecule has 0 aliphatic rings. The number of methoxy groups -OCH3 is 1. The zero-order chi connectivity index (χ0) is 20.7. The Bertz CT molecular complexity index is 1230. The minimum absolute atomic E-state index is 0.0827. The summed E-state index contributed by atoms with van der Waals surface area (Å²) in [4.78, 5) is 27.4. The van der Waals surface area contributed by atoms with Crippen molar-refractivity contribution in [3.63, 3.8) is 0 Å². The Morgan fingerprint density at radius 2 is 2.00 bits per heavy atom. The van der Waals surface area contributed by atoms with Gasteiger partial charge in [0.05, 0.1) is 29.6 Å². The van der Waals surface area contributed by atoms with Crippen molar-refractivity contribution < 1.29 is 9.53 Å². The number of rotatable bonds is 5. The highest BCUT2D eigenvalue weighted by atomic mass is 32.1. The molecule has 0 aliphatic carbocycles. The Kier molecular flexibility index (Phi) is 4.96. The molecule has 0 fully saturated rings. The molecule has 4 rings (SSSR count). The highest BCUT2D eigenvalue weighted by Crippen LogP contribution is 2.35. The molecule has 3 heterocycles. The van der Waals surface area contributed by atoms with E-state index in [0.29, 0.717) is 16.5 Å². The van der Waals surface area contributed by atoms with E-state index in [-0.39, 0.29) is 12.0 Å². The molecule has 1 N–H and O–H groups in total. The second-order valence-electron chi connectivity index (χ2n) is 6.92. The maximum absolute atomic E-state index is 12.1. The summed E-state index contributed by atoms with van der Waals surface area (Å²) in [5.74, 6) is 1.95. The molecule has 0 bridgehead atoms. The first-order chi connectivity index (χ1) is 13.9. The lowest BCUT2D eigenvalue weighted by atomic mass is 10.2. The van der Waals surface area contributed by atoms with Crippen molar-refractivity contribution in [2.75, 3.05) is 12.4 Å². The Labute approximate surface area is 172 Å². The van der Waals surface area contributed by atoms with Gasteiger partial charge in [-0.3, -0.25) is 0 Å². The van der Waals surface area contributed by atoms with Crippen molar-refractivity contribution in [1.82, 2.24) is 19.5 Å². The van der Waals surface area contributed by atoms with Gasteiger partial charge in [-0.05, 0) is 45.4 Å². The van der Waals surface area contributed by atoms with Crippen LogP contribution in [0, 0.1) is 13.8 Å². The van der Waals surface area contributed by atoms with Crippen LogP contribution in [0.5, 0.6) is 0 Å². The van der Waals surface area contributed by atoms with E-state index in [1.54, 1.807) is 0 Å². The average molecular weight is 410 g/mol. The molecule has 1 unspecified atom stereocenters. The van der Waals surface area contributed by atoms with Gasteiger partial charge in [0.1, 0.15) is 27.2 Å². The largest absolute Gasteiger partial charge is 0.465 e. The fourth-order valence-corrected chi connectivity index (χ4v) is 4.81. The highest BCUT2D eigenvalue weighted by Gasteiger charge is 2.23. The lowest BCUT2D eigenvalue weighted by Crippen LogP contribution is -2.15. The number of nitrogens with one attached hydrogen (secondary N) is 1. The van der Waals surface area contributed by atoms with Crippen LogP contribution in [0.2, 0.25) is 0 Å². The number of aromatic nitrogens is 4. The molecular formula is C21H23N5O2S. The summed E-state index contributed by atoms with van der Waals surface area (Å²) in [7, 11) is 1.39. The summed E-state index contributed by atoms with van der Waals surface area (Å²) in [6.07, 6.45) is 0. The minimum atomic E-state index is -0.352. The highest BCUT2D eigenvalue weighted by molar-refractivity contribution is 7.20. The average Bonchev–Trinajstić information content (AvgIpc) is 3.25. The number of aryl methyl sites for hydroxylation is 3. The zero-order valence-corrected chi connectivity index (χ0v) is 17.9. The van der Waals surface area contributed by atoms with E-state index >= 15 is 0 Å². The van der Waals surface area contributed by atoms with Crippen LogP contribution in [0.3, 0.4) is 0 Å². The molecule has 150 valence electrons. The van der Waals surface area contributed by atoms with Crippen molar-refractivity contribution in [2.45, 2.75) is 40.3 Å². The van der Waals surface area contributed by atoms with Crippen molar-refractivity contribution in [2.24, 2.45) is 0 Å². The summed E-state index contributed by atoms with van der Waals surface area (Å²) in [6.45, 7) is 8.76. The fraction of sp³-hybridized carbons (Fsp3) is 0.333. The van der Waals surface area contributed by atoms with Gasteiger partial charge in [-0.2, -0.15) is 0 Å². The maximum atomic E-state index is 12.1. The zero-order valence-electron chi connectivity index (χ0n) is 17.1. The molecule has 0 saturated carbocycles. The predicted molar refractivity (Wildman–Crippen MR) is 116 cm³/mol. The molecule has 8 heteroatoms. The van der Waals surface area contributed by atoms with E-state index in [0.717, 1.165) is 39.2 Å². The van der Waals surface area contributed by atoms with E-state index in [1.165, 1.54) is 18.4 Å². The Hall–Kier alpha value is -3.00. The fourth-order valence-electron chi connectivity index (χ4n) is 3.66. The van der Waals surface area contributed by atoms with Crippen molar-refractivity contribution >= 4 is 44.4 Å². The van der Waals surface area contributed by atoms with E-state index in [2.05, 4.69) is 39.8 Å². The van der Waals surface area contributed by atoms with Crippen LogP contribution in [0.15, 0.2) is 24.3 Å². The molecule has 0 spiro atoms. The molecule has 29 heavy (non-hydrogen) atoms. The van der Waals surface area contributed by atoms with E-state index in [9.17, 15) is 4.79 Å². The number of hydrogen-bond acceptors (Lipinski definition) is 7. The molecule has 1 atom stereocenters. The maximum Gasteiger partial charge on any atom is 0.348 e. The molecular weight excluding hydrogens is 386 g/mol. The van der Waals surface area contributed by atoms with Crippen LogP contribution < -0.4 is 5.32 Å². The first kappa shape index (κ1) is 19.3. The number of para-hydroxylation sites is 2. The van der Waals surface area contributed by atoms with Crippen LogP contribution in [0.25, 0.3) is 21.3 Å². The van der Waals surface area contributed by atoms with Gasteiger partial charge < -0.3 is 14.6 Å². The van der Waals surface area contributed by atoms with Gasteiger partial charge in [0, 0.05) is 6.54 Å². The van der Waals surface area contributed by atoms with Gasteiger partial charge >= 0.3 is 5.97 Å². The third-order valence-electron chi connectivity index (χ3n) is 5.01. The first-order valence-corrected chi connectivity index (χ1v) is 10.3. The molecule has 0 amide bonds. The standard InChI is InChI=1S/C21H23N5O2S/c1-6-26-15-10-8-7-9-14(15)25-19(26)12(3)22-18-16-11(2)17(21(27)28-5)29-20(16)24-13(4)23-18/h7-10,12H,6H2,1-5H3,(H,22,23,24). The number of ether oxygens (including phenoxy) is 1. The topological polar surface area (TPSA) is 81.9 Å². The summed E-state index contributed by atoms with van der Waals surface area (Å²) in [6, 6.07) is 8.05. The lowest BCUT2D eigenvalue weighted by Gasteiger charge is -2.17. The van der Waals surface area contributed by atoms with Crippen molar-refractivity contribution in [1.29, 1.82) is 0 Å². The van der Waals surface area contributed by atoms with E-state index in [4.69, 9.17) is 9.72 Å². The van der Waals surface area contributed by atoms with E-state index in [1.807, 2.05) is 32.0 Å². The number of esters is 1. The number of thiophene rings is 1. The number of carbonyl (C=O) groups is 1. The molecule has 1 aromatic carbocycles. The Balaban J connectivity index is 1.80.